The normalized spacial score (nSPS) is 22.7. The van der Waals surface area contributed by atoms with Crippen LogP contribution in [0.4, 0.5) is 5.13 Å². The number of carboxylic acids is 1. The van der Waals surface area contributed by atoms with Crippen LogP contribution in [0.25, 0.3) is 0 Å². The Labute approximate surface area is 114 Å². The first-order valence-corrected chi connectivity index (χ1v) is 6.78. The van der Waals surface area contributed by atoms with Gasteiger partial charge in [-0.3, -0.25) is 9.59 Å². The van der Waals surface area contributed by atoms with Gasteiger partial charge in [-0.2, -0.15) is 0 Å². The molecule has 2 unspecified atom stereocenters. The average molecular weight is 281 g/mol. The van der Waals surface area contributed by atoms with Gasteiger partial charge in [-0.15, -0.1) is 10.2 Å². The minimum atomic E-state index is -0.933. The third-order valence-electron chi connectivity index (χ3n) is 3.16. The van der Waals surface area contributed by atoms with Gasteiger partial charge in [0.1, 0.15) is 5.01 Å². The van der Waals surface area contributed by atoms with E-state index in [1.165, 1.54) is 11.3 Å². The molecule has 0 saturated carbocycles. The van der Waals surface area contributed by atoms with E-state index in [-0.39, 0.29) is 5.91 Å². The molecular formula is C12H15N3O3S. The summed E-state index contributed by atoms with van der Waals surface area (Å²) in [6, 6.07) is 0. The van der Waals surface area contributed by atoms with E-state index in [2.05, 4.69) is 15.5 Å². The first-order chi connectivity index (χ1) is 8.97. The van der Waals surface area contributed by atoms with Crippen molar-refractivity contribution in [3.8, 4) is 0 Å². The summed E-state index contributed by atoms with van der Waals surface area (Å²) in [5.74, 6) is -2.45. The van der Waals surface area contributed by atoms with Gasteiger partial charge < -0.3 is 10.4 Å². The van der Waals surface area contributed by atoms with Gasteiger partial charge in [-0.1, -0.05) is 23.0 Å². The van der Waals surface area contributed by atoms with E-state index >= 15 is 0 Å². The van der Waals surface area contributed by atoms with Crippen LogP contribution in [-0.4, -0.2) is 27.2 Å². The van der Waals surface area contributed by atoms with Crippen LogP contribution in [-0.2, 0) is 9.59 Å². The number of amides is 1. The van der Waals surface area contributed by atoms with Crippen LogP contribution in [0, 0.1) is 18.8 Å². The number of carbonyl (C=O) groups is 2. The second-order valence-corrected chi connectivity index (χ2v) is 5.84. The SMILES string of the molecule is CC1=CCC(C(=O)O)C(C(=O)Nc2nnc(C)s2)C1. The lowest BCUT2D eigenvalue weighted by Crippen LogP contribution is -2.35. The van der Waals surface area contributed by atoms with Crippen molar-refractivity contribution in [1.82, 2.24) is 10.2 Å². The number of carbonyl (C=O) groups excluding carboxylic acids is 1. The van der Waals surface area contributed by atoms with Gasteiger partial charge in [0, 0.05) is 0 Å². The fraction of sp³-hybridized carbons (Fsp3) is 0.500. The number of allylic oxidation sites excluding steroid dienone is 2. The molecule has 0 radical (unpaired) electrons. The fourth-order valence-electron chi connectivity index (χ4n) is 2.16. The van der Waals surface area contributed by atoms with Gasteiger partial charge in [0.25, 0.3) is 0 Å². The standard InChI is InChI=1S/C12H15N3O3S/c1-6-3-4-8(11(17)18)9(5-6)10(16)13-12-15-14-7(2)19-12/h3,8-9H,4-5H2,1-2H3,(H,17,18)(H,13,15,16). The van der Waals surface area contributed by atoms with Gasteiger partial charge in [-0.05, 0) is 26.7 Å². The molecule has 2 atom stereocenters. The fourth-order valence-corrected chi connectivity index (χ4v) is 2.75. The van der Waals surface area contributed by atoms with Gasteiger partial charge in [-0.25, -0.2) is 0 Å². The Hall–Kier alpha value is -1.76. The van der Waals surface area contributed by atoms with Crippen molar-refractivity contribution in [3.63, 3.8) is 0 Å². The number of nitrogens with zero attached hydrogens (tertiary/aromatic N) is 2. The first kappa shape index (κ1) is 13.7. The number of hydrogen-bond acceptors (Lipinski definition) is 5. The molecule has 0 aliphatic heterocycles. The number of anilines is 1. The highest BCUT2D eigenvalue weighted by Gasteiger charge is 2.35. The van der Waals surface area contributed by atoms with E-state index in [9.17, 15) is 14.7 Å². The van der Waals surface area contributed by atoms with Crippen molar-refractivity contribution < 1.29 is 14.7 Å². The van der Waals surface area contributed by atoms with Crippen LogP contribution in [0.15, 0.2) is 11.6 Å². The topological polar surface area (TPSA) is 92.2 Å². The maximum atomic E-state index is 12.2. The van der Waals surface area contributed by atoms with Crippen LogP contribution in [0.2, 0.25) is 0 Å². The van der Waals surface area contributed by atoms with Gasteiger partial charge in [0.15, 0.2) is 0 Å². The van der Waals surface area contributed by atoms with Crippen LogP contribution in [0.5, 0.6) is 0 Å². The van der Waals surface area contributed by atoms with Crippen molar-refractivity contribution in [1.29, 1.82) is 0 Å². The Kier molecular flexibility index (Phi) is 3.94. The number of carboxylic acid groups (broad SMARTS) is 1. The summed E-state index contributed by atoms with van der Waals surface area (Å²) in [6.45, 7) is 3.70. The van der Waals surface area contributed by atoms with E-state index in [0.717, 1.165) is 10.6 Å². The molecule has 1 amide bonds. The minimum Gasteiger partial charge on any atom is -0.481 e. The zero-order valence-electron chi connectivity index (χ0n) is 10.7. The summed E-state index contributed by atoms with van der Waals surface area (Å²) in [6.07, 6.45) is 2.76. The summed E-state index contributed by atoms with van der Waals surface area (Å²) >= 11 is 1.27. The third-order valence-corrected chi connectivity index (χ3v) is 3.91. The molecule has 0 fully saturated rings. The molecule has 102 valence electrons. The summed E-state index contributed by atoms with van der Waals surface area (Å²) in [7, 11) is 0. The van der Waals surface area contributed by atoms with Crippen LogP contribution in [0.1, 0.15) is 24.8 Å². The van der Waals surface area contributed by atoms with E-state index in [0.29, 0.717) is 18.0 Å². The molecule has 0 spiro atoms. The number of rotatable bonds is 3. The molecule has 7 heteroatoms. The molecule has 6 nitrogen and oxygen atoms in total. The number of aliphatic carboxylic acids is 1. The molecule has 1 heterocycles. The Morgan fingerprint density at radius 2 is 2.11 bits per heavy atom. The predicted molar refractivity (Wildman–Crippen MR) is 70.9 cm³/mol. The van der Waals surface area contributed by atoms with Crippen molar-refractivity contribution in [2.75, 3.05) is 5.32 Å². The molecule has 2 rings (SSSR count). The van der Waals surface area contributed by atoms with Crippen molar-refractivity contribution in [2.45, 2.75) is 26.7 Å². The van der Waals surface area contributed by atoms with Crippen LogP contribution >= 0.6 is 11.3 Å². The number of hydrogen-bond donors (Lipinski definition) is 2. The third kappa shape index (κ3) is 3.17. The zero-order valence-corrected chi connectivity index (χ0v) is 11.5. The van der Waals surface area contributed by atoms with Crippen molar-refractivity contribution >= 4 is 28.3 Å². The Morgan fingerprint density at radius 1 is 1.37 bits per heavy atom. The van der Waals surface area contributed by atoms with E-state index < -0.39 is 17.8 Å². The Bertz CT molecular complexity index is 538. The second-order valence-electron chi connectivity index (χ2n) is 4.66. The molecule has 0 saturated heterocycles. The van der Waals surface area contributed by atoms with E-state index in [4.69, 9.17) is 0 Å². The molecule has 0 aromatic carbocycles. The van der Waals surface area contributed by atoms with Crippen LogP contribution in [0.3, 0.4) is 0 Å². The Balaban J connectivity index is 2.11. The van der Waals surface area contributed by atoms with E-state index in [1.807, 2.05) is 13.0 Å². The molecule has 1 aliphatic carbocycles. The summed E-state index contributed by atoms with van der Waals surface area (Å²) in [4.78, 5) is 23.4. The minimum absolute atomic E-state index is 0.295. The molecule has 2 N–H and O–H groups in total. The average Bonchev–Trinajstić information content (AvgIpc) is 2.74. The summed E-state index contributed by atoms with van der Waals surface area (Å²) in [5, 5.41) is 20.6. The van der Waals surface area contributed by atoms with Gasteiger partial charge >= 0.3 is 5.97 Å². The monoisotopic (exact) mass is 281 g/mol. The summed E-state index contributed by atoms with van der Waals surface area (Å²) in [5.41, 5.74) is 1.05. The highest BCUT2D eigenvalue weighted by Crippen LogP contribution is 2.31. The number of aromatic nitrogens is 2. The highest BCUT2D eigenvalue weighted by atomic mass is 32.1. The van der Waals surface area contributed by atoms with E-state index in [1.54, 1.807) is 6.92 Å². The molecular weight excluding hydrogens is 266 g/mol. The quantitative estimate of drug-likeness (QED) is 0.825. The molecule has 1 aromatic rings. The second kappa shape index (κ2) is 5.48. The lowest BCUT2D eigenvalue weighted by atomic mass is 9.79. The molecule has 0 bridgehead atoms. The Morgan fingerprint density at radius 3 is 2.68 bits per heavy atom. The maximum Gasteiger partial charge on any atom is 0.307 e. The first-order valence-electron chi connectivity index (χ1n) is 5.96. The zero-order chi connectivity index (χ0) is 14.0. The number of aryl methyl sites for hydroxylation is 1. The smallest absolute Gasteiger partial charge is 0.307 e. The van der Waals surface area contributed by atoms with Gasteiger partial charge in [0.05, 0.1) is 11.8 Å². The molecule has 1 aromatic heterocycles. The highest BCUT2D eigenvalue weighted by molar-refractivity contribution is 7.15. The molecule has 19 heavy (non-hydrogen) atoms. The number of nitrogens with one attached hydrogen (secondary N) is 1. The lowest BCUT2D eigenvalue weighted by molar-refractivity contribution is -0.146. The van der Waals surface area contributed by atoms with Crippen molar-refractivity contribution in [3.05, 3.63) is 16.7 Å². The largest absolute Gasteiger partial charge is 0.481 e. The molecule has 1 aliphatic rings. The lowest BCUT2D eigenvalue weighted by Gasteiger charge is -2.26. The van der Waals surface area contributed by atoms with Gasteiger partial charge in [0.2, 0.25) is 11.0 Å². The summed E-state index contributed by atoms with van der Waals surface area (Å²) < 4.78 is 0. The van der Waals surface area contributed by atoms with Crippen molar-refractivity contribution in [2.24, 2.45) is 11.8 Å². The van der Waals surface area contributed by atoms with Crippen LogP contribution < -0.4 is 5.32 Å². The predicted octanol–water partition coefficient (Wildman–Crippen LogP) is 1.84. The maximum absolute atomic E-state index is 12.2.